The van der Waals surface area contributed by atoms with Crippen molar-refractivity contribution in [2.75, 3.05) is 18.4 Å². The summed E-state index contributed by atoms with van der Waals surface area (Å²) in [7, 11) is 0. The van der Waals surface area contributed by atoms with Crippen molar-refractivity contribution in [2.24, 2.45) is 11.8 Å². The molecule has 3 heterocycles. The third kappa shape index (κ3) is 3.04. The van der Waals surface area contributed by atoms with E-state index in [4.69, 9.17) is 16.0 Å². The molecular formula is C20H19ClN4O2. The van der Waals surface area contributed by atoms with Crippen molar-refractivity contribution >= 4 is 34.3 Å². The highest BCUT2D eigenvalue weighted by Crippen LogP contribution is 2.40. The predicted octanol–water partition coefficient (Wildman–Crippen LogP) is 3.84. The lowest BCUT2D eigenvalue weighted by atomic mass is 9.98. The van der Waals surface area contributed by atoms with E-state index >= 15 is 0 Å². The third-order valence-electron chi connectivity index (χ3n) is 5.75. The largest absolute Gasteiger partial charge is 0.451 e. The zero-order valence-electron chi connectivity index (χ0n) is 14.6. The number of nitrogens with zero attached hydrogens (tertiary/aromatic N) is 3. The Morgan fingerprint density at radius 1 is 1.15 bits per heavy atom. The van der Waals surface area contributed by atoms with Crippen molar-refractivity contribution in [1.29, 1.82) is 0 Å². The summed E-state index contributed by atoms with van der Waals surface area (Å²) in [6, 6.07) is 13.4. The van der Waals surface area contributed by atoms with Gasteiger partial charge in [-0.25, -0.2) is 0 Å². The van der Waals surface area contributed by atoms with E-state index in [-0.39, 0.29) is 5.91 Å². The van der Waals surface area contributed by atoms with Gasteiger partial charge in [-0.3, -0.25) is 4.79 Å². The zero-order valence-corrected chi connectivity index (χ0v) is 15.4. The molecule has 0 radical (unpaired) electrons. The lowest BCUT2D eigenvalue weighted by Crippen LogP contribution is -2.33. The molecule has 5 rings (SSSR count). The minimum atomic E-state index is -0.0226. The normalized spacial score (nSPS) is 24.3. The molecule has 1 amide bonds. The maximum Gasteiger partial charge on any atom is 0.289 e. The number of amides is 1. The Balaban J connectivity index is 1.30. The van der Waals surface area contributed by atoms with Gasteiger partial charge in [-0.1, -0.05) is 29.8 Å². The summed E-state index contributed by atoms with van der Waals surface area (Å²) in [6.45, 7) is 1.52. The highest BCUT2D eigenvalue weighted by Gasteiger charge is 2.44. The fourth-order valence-electron chi connectivity index (χ4n) is 4.44. The number of hydrogen-bond acceptors (Lipinski definition) is 5. The van der Waals surface area contributed by atoms with Crippen LogP contribution < -0.4 is 5.32 Å². The van der Waals surface area contributed by atoms with Crippen LogP contribution in [0.15, 0.2) is 46.9 Å². The molecule has 1 N–H and O–H groups in total. The third-order valence-corrected chi connectivity index (χ3v) is 5.95. The minimum absolute atomic E-state index is 0.0226. The Morgan fingerprint density at radius 3 is 2.85 bits per heavy atom. The molecular weight excluding hydrogens is 364 g/mol. The number of rotatable bonds is 3. The molecule has 27 heavy (non-hydrogen) atoms. The Labute approximate surface area is 161 Å². The van der Waals surface area contributed by atoms with Crippen molar-refractivity contribution in [3.8, 4) is 0 Å². The molecule has 1 aliphatic heterocycles. The van der Waals surface area contributed by atoms with Crippen LogP contribution in [0.2, 0.25) is 5.15 Å². The summed E-state index contributed by atoms with van der Waals surface area (Å²) in [5.41, 5.74) is 0.751. The lowest BCUT2D eigenvalue weighted by Gasteiger charge is -2.21. The maximum atomic E-state index is 12.9. The van der Waals surface area contributed by atoms with Gasteiger partial charge in [0, 0.05) is 30.4 Å². The predicted molar refractivity (Wildman–Crippen MR) is 103 cm³/mol. The average Bonchev–Trinajstić information content (AvgIpc) is 3.38. The van der Waals surface area contributed by atoms with E-state index in [1.54, 1.807) is 6.07 Å². The standard InChI is InChI=1S/C20H19ClN4O2/c21-18-7-8-19(24-23-18)22-15-6-5-13-10-25(11-14(13)15)20(26)17-9-12-3-1-2-4-16(12)27-17/h1-4,7-9,13-15H,5-6,10-11H2,(H,22,24)/t13-,14+,15+/m0/s1. The van der Waals surface area contributed by atoms with Crippen LogP contribution in [0.5, 0.6) is 0 Å². The number of anilines is 1. The number of hydrogen-bond donors (Lipinski definition) is 1. The Morgan fingerprint density at radius 2 is 2.04 bits per heavy atom. The van der Waals surface area contributed by atoms with Crippen LogP contribution in [0.3, 0.4) is 0 Å². The van der Waals surface area contributed by atoms with Gasteiger partial charge in [0.15, 0.2) is 10.9 Å². The number of aromatic nitrogens is 2. The van der Waals surface area contributed by atoms with Crippen LogP contribution in [0, 0.1) is 11.8 Å². The molecule has 3 atom stereocenters. The zero-order chi connectivity index (χ0) is 18.4. The minimum Gasteiger partial charge on any atom is -0.451 e. The van der Waals surface area contributed by atoms with Crippen molar-refractivity contribution in [3.63, 3.8) is 0 Å². The van der Waals surface area contributed by atoms with Crippen LogP contribution >= 0.6 is 11.6 Å². The number of carbonyl (C=O) groups is 1. The van der Waals surface area contributed by atoms with E-state index in [1.165, 1.54) is 0 Å². The number of benzene rings is 1. The number of carbonyl (C=O) groups excluding carboxylic acids is 1. The number of furan rings is 1. The van der Waals surface area contributed by atoms with Crippen molar-refractivity contribution in [2.45, 2.75) is 18.9 Å². The second-order valence-corrected chi connectivity index (χ2v) is 7.74. The van der Waals surface area contributed by atoms with Crippen molar-refractivity contribution < 1.29 is 9.21 Å². The van der Waals surface area contributed by atoms with Gasteiger partial charge in [0.25, 0.3) is 5.91 Å². The van der Waals surface area contributed by atoms with Crippen LogP contribution in [0.1, 0.15) is 23.4 Å². The van der Waals surface area contributed by atoms with E-state index in [0.29, 0.717) is 28.8 Å². The molecule has 0 bridgehead atoms. The van der Waals surface area contributed by atoms with E-state index in [2.05, 4.69) is 15.5 Å². The number of halogens is 1. The highest BCUT2D eigenvalue weighted by atomic mass is 35.5. The molecule has 1 saturated heterocycles. The maximum absolute atomic E-state index is 12.9. The lowest BCUT2D eigenvalue weighted by molar-refractivity contribution is 0.0750. The summed E-state index contributed by atoms with van der Waals surface area (Å²) >= 11 is 5.80. The monoisotopic (exact) mass is 382 g/mol. The average molecular weight is 383 g/mol. The summed E-state index contributed by atoms with van der Waals surface area (Å²) in [5.74, 6) is 2.05. The Bertz CT molecular complexity index is 954. The topological polar surface area (TPSA) is 71.3 Å². The van der Waals surface area contributed by atoms with E-state index in [0.717, 1.165) is 42.7 Å². The summed E-state index contributed by atoms with van der Waals surface area (Å²) in [5, 5.41) is 12.8. The molecule has 1 aliphatic carbocycles. The first kappa shape index (κ1) is 16.6. The molecule has 0 unspecified atom stereocenters. The van der Waals surface area contributed by atoms with Gasteiger partial charge in [0.2, 0.25) is 0 Å². The Kier molecular flexibility index (Phi) is 4.01. The molecule has 7 heteroatoms. The molecule has 0 spiro atoms. The molecule has 6 nitrogen and oxygen atoms in total. The highest BCUT2D eigenvalue weighted by molar-refractivity contribution is 6.29. The van der Waals surface area contributed by atoms with Crippen LogP contribution in [0.4, 0.5) is 5.82 Å². The smallest absolute Gasteiger partial charge is 0.289 e. The first-order chi connectivity index (χ1) is 13.2. The molecule has 3 aromatic rings. The second kappa shape index (κ2) is 6.53. The quantitative estimate of drug-likeness (QED) is 0.745. The first-order valence-corrected chi connectivity index (χ1v) is 9.59. The van der Waals surface area contributed by atoms with Crippen LogP contribution in [-0.2, 0) is 0 Å². The van der Waals surface area contributed by atoms with Gasteiger partial charge in [0.05, 0.1) is 0 Å². The number of likely N-dealkylation sites (tertiary alicyclic amines) is 1. The molecule has 2 aliphatic rings. The first-order valence-electron chi connectivity index (χ1n) is 9.21. The van der Waals surface area contributed by atoms with Crippen LogP contribution in [-0.4, -0.2) is 40.1 Å². The summed E-state index contributed by atoms with van der Waals surface area (Å²) in [4.78, 5) is 14.8. The second-order valence-electron chi connectivity index (χ2n) is 7.35. The van der Waals surface area contributed by atoms with Crippen molar-refractivity contribution in [1.82, 2.24) is 15.1 Å². The molecule has 1 saturated carbocycles. The number of nitrogens with one attached hydrogen (secondary N) is 1. The van der Waals surface area contributed by atoms with Crippen LogP contribution in [0.25, 0.3) is 11.0 Å². The molecule has 2 fully saturated rings. The molecule has 138 valence electrons. The van der Waals surface area contributed by atoms with E-state index in [9.17, 15) is 4.79 Å². The SMILES string of the molecule is O=C(c1cc2ccccc2o1)N1C[C@@H]2CC[C@@H](Nc3ccc(Cl)nn3)[C@@H]2C1. The van der Waals surface area contributed by atoms with E-state index < -0.39 is 0 Å². The van der Waals surface area contributed by atoms with Gasteiger partial charge in [-0.05, 0) is 43.0 Å². The van der Waals surface area contributed by atoms with Gasteiger partial charge in [0.1, 0.15) is 11.4 Å². The van der Waals surface area contributed by atoms with Gasteiger partial charge in [-0.2, -0.15) is 0 Å². The van der Waals surface area contributed by atoms with Gasteiger partial charge < -0.3 is 14.6 Å². The number of para-hydroxylation sites is 1. The Hall–Kier alpha value is -2.60. The molecule has 2 aromatic heterocycles. The summed E-state index contributed by atoms with van der Waals surface area (Å²) < 4.78 is 5.76. The fraction of sp³-hybridized carbons (Fsp3) is 0.350. The van der Waals surface area contributed by atoms with Crippen molar-refractivity contribution in [3.05, 3.63) is 53.4 Å². The fourth-order valence-corrected chi connectivity index (χ4v) is 4.54. The number of fused-ring (bicyclic) bond motifs is 2. The summed E-state index contributed by atoms with van der Waals surface area (Å²) in [6.07, 6.45) is 2.18. The van der Waals surface area contributed by atoms with E-state index in [1.807, 2.05) is 41.3 Å². The van der Waals surface area contributed by atoms with Gasteiger partial charge >= 0.3 is 0 Å². The van der Waals surface area contributed by atoms with Gasteiger partial charge in [-0.15, -0.1) is 10.2 Å². The molecule has 1 aromatic carbocycles.